The Labute approximate surface area is 98.5 Å². The molecule has 0 fully saturated rings. The van der Waals surface area contributed by atoms with Crippen molar-refractivity contribution >= 4 is 0 Å². The third-order valence-corrected chi connectivity index (χ3v) is 0. The average molecular weight is 374 g/mol. The quantitative estimate of drug-likeness (QED) is 0.524. The molecule has 0 atom stereocenters. The van der Waals surface area contributed by atoms with Crippen LogP contribution in [0.3, 0.4) is 0 Å². The second-order valence-corrected chi connectivity index (χ2v) is 0. The van der Waals surface area contributed by atoms with Crippen LogP contribution in [0.4, 0.5) is 0 Å². The molecular weight excluding hydrogens is 374 g/mol. The van der Waals surface area contributed by atoms with Gasteiger partial charge >= 0.3 is 0 Å². The zero-order chi connectivity index (χ0) is 0. The van der Waals surface area contributed by atoms with E-state index in [1.807, 2.05) is 0 Å². The summed E-state index contributed by atoms with van der Waals surface area (Å²) in [6.07, 6.45) is 0. The van der Waals surface area contributed by atoms with Gasteiger partial charge in [0.1, 0.15) is 0 Å². The monoisotopic (exact) mass is 374 g/mol. The summed E-state index contributed by atoms with van der Waals surface area (Å²) in [5.41, 5.74) is 0. The Hall–Kier alpha value is 3.35. The van der Waals surface area contributed by atoms with Crippen molar-refractivity contribution in [1.82, 2.24) is 0 Å². The van der Waals surface area contributed by atoms with Gasteiger partial charge in [0.25, 0.3) is 0 Å². The minimum atomic E-state index is 0. The summed E-state index contributed by atoms with van der Waals surface area (Å²) in [7, 11) is 0. The van der Waals surface area contributed by atoms with Crippen molar-refractivity contribution < 1.29 is 101 Å². The largest absolute Gasteiger partial charge is 0 e. The first-order valence-corrected chi connectivity index (χ1v) is 0. The van der Waals surface area contributed by atoms with Crippen molar-refractivity contribution in [2.75, 3.05) is 0 Å². The topological polar surface area (TPSA) is 0 Å². The van der Waals surface area contributed by atoms with Crippen molar-refractivity contribution in [2.24, 2.45) is 0 Å². The second kappa shape index (κ2) is 16.2. The Kier molecular flexibility index (Phi) is 107. The van der Waals surface area contributed by atoms with Gasteiger partial charge in [-0.1, -0.05) is 0 Å². The molecular formula is NbRuYZr. The van der Waals surface area contributed by atoms with Crippen molar-refractivity contribution in [3.63, 3.8) is 0 Å². The first-order chi connectivity index (χ1) is 0. The van der Waals surface area contributed by atoms with E-state index in [1.165, 1.54) is 0 Å². The van der Waals surface area contributed by atoms with E-state index in [-0.39, 0.29) is 101 Å². The van der Waals surface area contributed by atoms with Crippen molar-refractivity contribution in [3.05, 3.63) is 0 Å². The molecule has 0 amide bonds. The maximum atomic E-state index is 0. The fourth-order valence-electron chi connectivity index (χ4n) is 0. The maximum absolute atomic E-state index is 0. The zero-order valence-corrected chi connectivity index (χ0v) is 11.1. The summed E-state index contributed by atoms with van der Waals surface area (Å²) in [6.45, 7) is 0. The molecule has 0 saturated heterocycles. The van der Waals surface area contributed by atoms with E-state index in [0.717, 1.165) is 0 Å². The maximum Gasteiger partial charge on any atom is 0 e. The Morgan fingerprint density at radius 1 is 1.00 bits per heavy atom. The van der Waals surface area contributed by atoms with Crippen molar-refractivity contribution in [3.8, 4) is 0 Å². The van der Waals surface area contributed by atoms with Crippen LogP contribution in [-0.2, 0) is 101 Å². The number of hydrogen-bond acceptors (Lipinski definition) is 0. The van der Waals surface area contributed by atoms with Crippen LogP contribution in [0.1, 0.15) is 0 Å². The Balaban J connectivity index is 0. The average Bonchev–Trinajstić information content (AvgIpc) is 0. The van der Waals surface area contributed by atoms with Gasteiger partial charge in [0.15, 0.2) is 0 Å². The van der Waals surface area contributed by atoms with Gasteiger partial charge in [-0.25, -0.2) is 0 Å². The van der Waals surface area contributed by atoms with Crippen LogP contribution in [0.15, 0.2) is 0 Å². The predicted molar refractivity (Wildman–Crippen MR) is 0 cm³/mol. The van der Waals surface area contributed by atoms with Gasteiger partial charge < -0.3 is 0 Å². The molecule has 0 heterocycles. The Morgan fingerprint density at radius 2 is 1.00 bits per heavy atom. The zero-order valence-electron chi connectivity index (χ0n) is 1.88. The van der Waals surface area contributed by atoms with Gasteiger partial charge in [0.2, 0.25) is 0 Å². The third kappa shape index (κ3) is 9.02. The third-order valence-electron chi connectivity index (χ3n) is 0. The summed E-state index contributed by atoms with van der Waals surface area (Å²) < 4.78 is 0. The Bertz CT molecular complexity index is 8.00. The van der Waals surface area contributed by atoms with E-state index in [1.54, 1.807) is 0 Å². The minimum Gasteiger partial charge on any atom is 0 e. The molecule has 0 aliphatic carbocycles. The molecule has 0 aliphatic heterocycles. The van der Waals surface area contributed by atoms with Crippen LogP contribution >= 0.6 is 0 Å². The van der Waals surface area contributed by atoms with Crippen LogP contribution in [-0.4, -0.2) is 0 Å². The van der Waals surface area contributed by atoms with Crippen LogP contribution in [0.5, 0.6) is 0 Å². The molecule has 20 valence electrons. The summed E-state index contributed by atoms with van der Waals surface area (Å²) >= 11 is 0. The summed E-state index contributed by atoms with van der Waals surface area (Å²) in [5, 5.41) is 0. The molecule has 0 aromatic heterocycles. The van der Waals surface area contributed by atoms with Gasteiger partial charge in [-0.2, -0.15) is 0 Å². The molecule has 0 unspecified atom stereocenters. The molecule has 4 heteroatoms. The molecule has 0 spiro atoms. The molecule has 2 radical (unpaired) electrons. The minimum absolute atomic E-state index is 0. The van der Waals surface area contributed by atoms with E-state index < -0.39 is 0 Å². The molecule has 0 aromatic rings. The number of rotatable bonds is 0. The van der Waals surface area contributed by atoms with Gasteiger partial charge in [0, 0.05) is 101 Å². The summed E-state index contributed by atoms with van der Waals surface area (Å²) in [4.78, 5) is 0. The van der Waals surface area contributed by atoms with E-state index >= 15 is 0 Å². The van der Waals surface area contributed by atoms with Gasteiger partial charge in [-0.3, -0.25) is 0 Å². The molecule has 0 saturated carbocycles. The smallest absolute Gasteiger partial charge is 0 e. The van der Waals surface area contributed by atoms with Crippen molar-refractivity contribution in [1.29, 1.82) is 0 Å². The molecule has 0 rings (SSSR count). The molecule has 4 heavy (non-hydrogen) atoms. The second-order valence-electron chi connectivity index (χ2n) is 0. The van der Waals surface area contributed by atoms with Gasteiger partial charge in [-0.15, -0.1) is 0 Å². The van der Waals surface area contributed by atoms with Crippen LogP contribution in [0.25, 0.3) is 0 Å². The fraction of sp³-hybridized carbons (Fsp3) is 0. The van der Waals surface area contributed by atoms with E-state index in [4.69, 9.17) is 0 Å². The first-order valence-electron chi connectivity index (χ1n) is 0. The predicted octanol–water partition coefficient (Wildman–Crippen LogP) is -0.0100. The van der Waals surface area contributed by atoms with Crippen LogP contribution in [0, 0.1) is 0 Å². The van der Waals surface area contributed by atoms with Crippen molar-refractivity contribution in [2.45, 2.75) is 0 Å². The fourth-order valence-corrected chi connectivity index (χ4v) is 0. The molecule has 0 nitrogen and oxygen atoms in total. The van der Waals surface area contributed by atoms with Gasteiger partial charge in [0.05, 0.1) is 0 Å². The van der Waals surface area contributed by atoms with Gasteiger partial charge in [-0.05, 0) is 0 Å². The molecule has 0 bridgehead atoms. The normalized spacial score (nSPS) is 0. The number of hydrogen-bond donors (Lipinski definition) is 0. The van der Waals surface area contributed by atoms with Crippen LogP contribution < -0.4 is 0 Å². The van der Waals surface area contributed by atoms with E-state index in [0.29, 0.717) is 0 Å². The standard InChI is InChI=1S/Nb.Ru.Y.Zr. The van der Waals surface area contributed by atoms with Crippen LogP contribution in [0.2, 0.25) is 0 Å². The van der Waals surface area contributed by atoms with E-state index in [2.05, 4.69) is 0 Å². The first kappa shape index (κ1) is 26.4. The molecule has 0 aromatic carbocycles. The van der Waals surface area contributed by atoms with E-state index in [9.17, 15) is 0 Å². The Morgan fingerprint density at radius 3 is 1.00 bits per heavy atom. The molecule has 0 aliphatic rings. The summed E-state index contributed by atoms with van der Waals surface area (Å²) in [6, 6.07) is 0. The summed E-state index contributed by atoms with van der Waals surface area (Å²) in [5.74, 6) is 0. The SMILES string of the molecule is [Nb].[Ru].[Y].[Zr]. The molecule has 0 N–H and O–H groups in total.